The third kappa shape index (κ3) is 3.39. The average Bonchev–Trinajstić information content (AvgIpc) is 2.37. The summed E-state index contributed by atoms with van der Waals surface area (Å²) in [6.07, 6.45) is 0. The summed E-state index contributed by atoms with van der Waals surface area (Å²) < 4.78 is 27.2. The maximum Gasteiger partial charge on any atom is 0.255 e. The van der Waals surface area contributed by atoms with Crippen molar-refractivity contribution >= 4 is 43.5 Å². The summed E-state index contributed by atoms with van der Waals surface area (Å²) in [7, 11) is 0. The fourth-order valence-corrected chi connectivity index (χ4v) is 2.02. The van der Waals surface area contributed by atoms with Crippen LogP contribution in [-0.4, -0.2) is 5.91 Å². The number of rotatable bonds is 2. The molecule has 0 aliphatic rings. The lowest BCUT2D eigenvalue weighted by Crippen LogP contribution is -2.12. The number of hydrogen-bond acceptors (Lipinski definition) is 1. The van der Waals surface area contributed by atoms with Crippen LogP contribution >= 0.6 is 31.9 Å². The molecule has 98 valence electrons. The first-order valence-electron chi connectivity index (χ1n) is 5.19. The van der Waals surface area contributed by atoms with Crippen LogP contribution in [0.4, 0.5) is 14.5 Å². The van der Waals surface area contributed by atoms with Gasteiger partial charge < -0.3 is 5.32 Å². The normalized spacial score (nSPS) is 10.3. The van der Waals surface area contributed by atoms with E-state index in [4.69, 9.17) is 0 Å². The Labute approximate surface area is 125 Å². The molecule has 0 heterocycles. The van der Waals surface area contributed by atoms with Crippen LogP contribution < -0.4 is 5.32 Å². The average molecular weight is 391 g/mol. The van der Waals surface area contributed by atoms with Crippen LogP contribution in [0.2, 0.25) is 0 Å². The van der Waals surface area contributed by atoms with Gasteiger partial charge in [0, 0.05) is 10.0 Å². The minimum absolute atomic E-state index is 0.150. The van der Waals surface area contributed by atoms with E-state index in [0.29, 0.717) is 4.47 Å². The summed E-state index contributed by atoms with van der Waals surface area (Å²) in [5, 5.41) is 2.51. The summed E-state index contributed by atoms with van der Waals surface area (Å²) in [5.74, 6) is -1.52. The standard InChI is InChI=1S/C13H7Br2F2NO/c14-9-3-1-7(5-11(9)17)13(19)18-12-6-8(16)2-4-10(12)15/h1-6H,(H,18,19). The first kappa shape index (κ1) is 14.1. The molecule has 0 unspecified atom stereocenters. The van der Waals surface area contributed by atoms with Crippen LogP contribution in [-0.2, 0) is 0 Å². The summed E-state index contributed by atoms with van der Waals surface area (Å²) in [5.41, 5.74) is 0.435. The van der Waals surface area contributed by atoms with Gasteiger partial charge in [-0.3, -0.25) is 4.79 Å². The molecular formula is C13H7Br2F2NO. The molecule has 0 saturated heterocycles. The van der Waals surface area contributed by atoms with Gasteiger partial charge in [-0.05, 0) is 68.3 Å². The van der Waals surface area contributed by atoms with Crippen molar-refractivity contribution in [1.82, 2.24) is 0 Å². The summed E-state index contributed by atoms with van der Waals surface area (Å²) in [4.78, 5) is 11.9. The van der Waals surface area contributed by atoms with Gasteiger partial charge in [0.15, 0.2) is 0 Å². The van der Waals surface area contributed by atoms with Gasteiger partial charge in [0.2, 0.25) is 0 Å². The summed E-state index contributed by atoms with van der Waals surface area (Å²) >= 11 is 6.20. The first-order valence-corrected chi connectivity index (χ1v) is 6.77. The van der Waals surface area contributed by atoms with Gasteiger partial charge in [-0.1, -0.05) is 0 Å². The van der Waals surface area contributed by atoms with E-state index >= 15 is 0 Å². The van der Waals surface area contributed by atoms with Gasteiger partial charge >= 0.3 is 0 Å². The van der Waals surface area contributed by atoms with Gasteiger partial charge in [0.1, 0.15) is 11.6 Å². The zero-order valence-electron chi connectivity index (χ0n) is 9.38. The third-order valence-corrected chi connectivity index (χ3v) is 3.69. The minimum atomic E-state index is -0.536. The molecular weight excluding hydrogens is 384 g/mol. The Morgan fingerprint density at radius 3 is 2.37 bits per heavy atom. The van der Waals surface area contributed by atoms with E-state index in [1.54, 1.807) is 0 Å². The number of benzene rings is 2. The van der Waals surface area contributed by atoms with Gasteiger partial charge in [0.25, 0.3) is 5.91 Å². The zero-order valence-corrected chi connectivity index (χ0v) is 12.6. The maximum absolute atomic E-state index is 13.3. The second kappa shape index (κ2) is 5.79. The quantitative estimate of drug-likeness (QED) is 0.788. The molecule has 0 radical (unpaired) electrons. The number of amides is 1. The molecule has 0 saturated carbocycles. The number of nitrogens with one attached hydrogen (secondary N) is 1. The highest BCUT2D eigenvalue weighted by Crippen LogP contribution is 2.24. The molecule has 2 nitrogen and oxygen atoms in total. The van der Waals surface area contributed by atoms with E-state index in [-0.39, 0.29) is 15.7 Å². The second-order valence-corrected chi connectivity index (χ2v) is 5.42. The lowest BCUT2D eigenvalue weighted by Gasteiger charge is -2.08. The van der Waals surface area contributed by atoms with Gasteiger partial charge in [-0.2, -0.15) is 0 Å². The van der Waals surface area contributed by atoms with Gasteiger partial charge in [0.05, 0.1) is 10.2 Å². The van der Waals surface area contributed by atoms with Crippen LogP contribution in [0.3, 0.4) is 0 Å². The van der Waals surface area contributed by atoms with Crippen molar-refractivity contribution < 1.29 is 13.6 Å². The van der Waals surface area contributed by atoms with Crippen molar-refractivity contribution in [2.45, 2.75) is 0 Å². The van der Waals surface area contributed by atoms with Crippen molar-refractivity contribution in [2.24, 2.45) is 0 Å². The van der Waals surface area contributed by atoms with Crippen molar-refractivity contribution in [3.05, 3.63) is 62.5 Å². The number of carbonyl (C=O) groups is 1. The molecule has 2 rings (SSSR count). The van der Waals surface area contributed by atoms with Crippen molar-refractivity contribution in [2.75, 3.05) is 5.32 Å². The van der Waals surface area contributed by atoms with Crippen molar-refractivity contribution in [1.29, 1.82) is 0 Å². The molecule has 0 atom stereocenters. The van der Waals surface area contributed by atoms with Crippen molar-refractivity contribution in [3.8, 4) is 0 Å². The van der Waals surface area contributed by atoms with Crippen LogP contribution in [0.5, 0.6) is 0 Å². The Balaban J connectivity index is 2.25. The molecule has 2 aromatic carbocycles. The molecule has 0 fully saturated rings. The number of anilines is 1. The Morgan fingerprint density at radius 1 is 1.00 bits per heavy atom. The number of hydrogen-bond donors (Lipinski definition) is 1. The van der Waals surface area contributed by atoms with Gasteiger partial charge in [-0.15, -0.1) is 0 Å². The third-order valence-electron chi connectivity index (χ3n) is 2.36. The van der Waals surface area contributed by atoms with Crippen molar-refractivity contribution in [3.63, 3.8) is 0 Å². The molecule has 2 aromatic rings. The Morgan fingerprint density at radius 2 is 1.68 bits per heavy atom. The maximum atomic E-state index is 13.3. The molecule has 0 bridgehead atoms. The Hall–Kier alpha value is -1.27. The number of carbonyl (C=O) groups excluding carboxylic acids is 1. The van der Waals surface area contributed by atoms with E-state index in [9.17, 15) is 13.6 Å². The van der Waals surface area contributed by atoms with Crippen LogP contribution in [0.25, 0.3) is 0 Å². The smallest absolute Gasteiger partial charge is 0.255 e. The fourth-order valence-electron chi connectivity index (χ4n) is 1.43. The molecule has 0 spiro atoms. The molecule has 0 aromatic heterocycles. The Bertz CT molecular complexity index is 647. The second-order valence-electron chi connectivity index (χ2n) is 3.71. The minimum Gasteiger partial charge on any atom is -0.321 e. The summed E-state index contributed by atoms with van der Waals surface area (Å²) in [6.45, 7) is 0. The lowest BCUT2D eigenvalue weighted by atomic mass is 10.2. The molecule has 19 heavy (non-hydrogen) atoms. The topological polar surface area (TPSA) is 29.1 Å². The SMILES string of the molecule is O=C(Nc1cc(F)ccc1Br)c1ccc(Br)c(F)c1. The monoisotopic (exact) mass is 389 g/mol. The number of halogens is 4. The fraction of sp³-hybridized carbons (Fsp3) is 0. The molecule has 1 amide bonds. The predicted octanol–water partition coefficient (Wildman–Crippen LogP) is 4.74. The van der Waals surface area contributed by atoms with E-state index < -0.39 is 17.5 Å². The highest BCUT2D eigenvalue weighted by atomic mass is 79.9. The highest BCUT2D eigenvalue weighted by molar-refractivity contribution is 9.10. The molecule has 6 heteroatoms. The predicted molar refractivity (Wildman–Crippen MR) is 76.2 cm³/mol. The van der Waals surface area contributed by atoms with E-state index in [1.165, 1.54) is 30.3 Å². The Kier molecular flexibility index (Phi) is 4.31. The van der Waals surface area contributed by atoms with E-state index in [2.05, 4.69) is 37.2 Å². The van der Waals surface area contributed by atoms with E-state index in [1.807, 2.05) is 0 Å². The molecule has 0 aliphatic heterocycles. The summed E-state index contributed by atoms with van der Waals surface area (Å²) in [6, 6.07) is 7.93. The van der Waals surface area contributed by atoms with Crippen LogP contribution in [0, 0.1) is 11.6 Å². The highest BCUT2D eigenvalue weighted by Gasteiger charge is 2.11. The first-order chi connectivity index (χ1) is 8.97. The van der Waals surface area contributed by atoms with Crippen LogP contribution in [0.15, 0.2) is 45.3 Å². The lowest BCUT2D eigenvalue weighted by molar-refractivity contribution is 0.102. The zero-order chi connectivity index (χ0) is 14.0. The van der Waals surface area contributed by atoms with E-state index in [0.717, 1.165) is 6.07 Å². The van der Waals surface area contributed by atoms with Gasteiger partial charge in [-0.25, -0.2) is 8.78 Å². The molecule has 1 N–H and O–H groups in total. The molecule has 0 aliphatic carbocycles. The van der Waals surface area contributed by atoms with Crippen LogP contribution in [0.1, 0.15) is 10.4 Å². The largest absolute Gasteiger partial charge is 0.321 e.